The predicted octanol–water partition coefficient (Wildman–Crippen LogP) is 2.49. The number of nitrogens with one attached hydrogen (secondary N) is 1. The Hall–Kier alpha value is -0.0800. The van der Waals surface area contributed by atoms with Crippen LogP contribution in [-0.4, -0.2) is 36.1 Å². The van der Waals surface area contributed by atoms with Gasteiger partial charge in [-0.05, 0) is 39.2 Å². The largest absolute Gasteiger partial charge is 0.315 e. The van der Waals surface area contributed by atoms with Gasteiger partial charge in [0.05, 0.1) is 0 Å². The van der Waals surface area contributed by atoms with Crippen LogP contribution in [-0.2, 0) is 0 Å². The number of rotatable bonds is 0. The summed E-state index contributed by atoms with van der Waals surface area (Å²) in [6, 6.07) is 0.639. The molecule has 0 saturated carbocycles. The highest BCUT2D eigenvalue weighted by molar-refractivity contribution is 4.92. The molecule has 2 heteroatoms. The molecule has 15 heavy (non-hydrogen) atoms. The van der Waals surface area contributed by atoms with Crippen molar-refractivity contribution in [2.24, 2.45) is 5.41 Å². The Morgan fingerprint density at radius 3 is 2.13 bits per heavy atom. The van der Waals surface area contributed by atoms with Crippen molar-refractivity contribution in [1.82, 2.24) is 10.2 Å². The summed E-state index contributed by atoms with van der Waals surface area (Å²) < 4.78 is 0. The smallest absolute Gasteiger partial charge is 0.0274 e. The van der Waals surface area contributed by atoms with Crippen molar-refractivity contribution < 1.29 is 0 Å². The molecule has 0 aromatic carbocycles. The highest BCUT2D eigenvalue weighted by atomic mass is 15.2. The summed E-state index contributed by atoms with van der Waals surface area (Å²) >= 11 is 0. The summed E-state index contributed by atoms with van der Waals surface area (Å²) in [5.74, 6) is 0. The molecule has 1 aliphatic heterocycles. The lowest BCUT2D eigenvalue weighted by Crippen LogP contribution is -2.55. The zero-order valence-corrected chi connectivity index (χ0v) is 11.4. The molecule has 0 aliphatic carbocycles. The monoisotopic (exact) mass is 212 g/mol. The molecule has 0 unspecified atom stereocenters. The van der Waals surface area contributed by atoms with E-state index in [1.54, 1.807) is 0 Å². The Kier molecular flexibility index (Phi) is 3.83. The Labute approximate surface area is 95.4 Å². The maximum atomic E-state index is 3.56. The molecule has 0 aromatic heterocycles. The average molecular weight is 212 g/mol. The molecular weight excluding hydrogens is 184 g/mol. The van der Waals surface area contributed by atoms with Crippen LogP contribution in [0.25, 0.3) is 0 Å². The van der Waals surface area contributed by atoms with Crippen LogP contribution in [0.3, 0.4) is 0 Å². The minimum atomic E-state index is 0.282. The Morgan fingerprint density at radius 2 is 1.67 bits per heavy atom. The van der Waals surface area contributed by atoms with Crippen LogP contribution in [0.2, 0.25) is 0 Å². The zero-order chi connectivity index (χ0) is 11.7. The van der Waals surface area contributed by atoms with Gasteiger partial charge in [0.15, 0.2) is 0 Å². The molecule has 0 aromatic rings. The SMILES string of the molecule is CC(C)(C)[C@@H]1CNCCCN1C(C)(C)C. The van der Waals surface area contributed by atoms with E-state index in [0.717, 1.165) is 6.54 Å². The molecule has 1 saturated heterocycles. The highest BCUT2D eigenvalue weighted by Crippen LogP contribution is 2.30. The lowest BCUT2D eigenvalue weighted by atomic mass is 9.83. The molecule has 0 radical (unpaired) electrons. The summed E-state index contributed by atoms with van der Waals surface area (Å²) in [4.78, 5) is 2.67. The summed E-state index contributed by atoms with van der Waals surface area (Å²) in [7, 11) is 0. The Bertz CT molecular complexity index is 176. The van der Waals surface area contributed by atoms with Crippen molar-refractivity contribution in [2.75, 3.05) is 19.6 Å². The van der Waals surface area contributed by atoms with Crippen molar-refractivity contribution >= 4 is 0 Å². The fourth-order valence-electron chi connectivity index (χ4n) is 2.46. The summed E-state index contributed by atoms with van der Waals surface area (Å²) in [5, 5.41) is 3.56. The summed E-state index contributed by atoms with van der Waals surface area (Å²) in [6.45, 7) is 17.6. The predicted molar refractivity (Wildman–Crippen MR) is 67.2 cm³/mol. The van der Waals surface area contributed by atoms with Gasteiger partial charge in [0, 0.05) is 24.7 Å². The summed E-state index contributed by atoms with van der Waals surface area (Å²) in [6.07, 6.45) is 1.27. The molecule has 1 aliphatic rings. The maximum Gasteiger partial charge on any atom is 0.0274 e. The normalized spacial score (nSPS) is 26.4. The molecule has 1 N–H and O–H groups in total. The van der Waals surface area contributed by atoms with Crippen molar-refractivity contribution in [2.45, 2.75) is 59.5 Å². The molecule has 0 amide bonds. The van der Waals surface area contributed by atoms with Gasteiger partial charge in [-0.1, -0.05) is 20.8 Å². The fourth-order valence-corrected chi connectivity index (χ4v) is 2.46. The third-order valence-electron chi connectivity index (χ3n) is 3.33. The molecule has 1 atom stereocenters. The topological polar surface area (TPSA) is 15.3 Å². The fraction of sp³-hybridized carbons (Fsp3) is 1.00. The lowest BCUT2D eigenvalue weighted by Gasteiger charge is -2.46. The molecule has 0 spiro atoms. The quantitative estimate of drug-likeness (QED) is 0.664. The van der Waals surface area contributed by atoms with Crippen LogP contribution in [0.1, 0.15) is 48.0 Å². The van der Waals surface area contributed by atoms with Gasteiger partial charge in [-0.15, -0.1) is 0 Å². The molecule has 1 heterocycles. The number of hydrogen-bond donors (Lipinski definition) is 1. The number of hydrogen-bond acceptors (Lipinski definition) is 2. The third kappa shape index (κ3) is 3.46. The van der Waals surface area contributed by atoms with E-state index >= 15 is 0 Å². The van der Waals surface area contributed by atoms with Gasteiger partial charge in [-0.25, -0.2) is 0 Å². The van der Waals surface area contributed by atoms with Crippen molar-refractivity contribution in [3.63, 3.8) is 0 Å². The standard InChI is InChI=1S/C13H28N2/c1-12(2,3)11-10-14-8-7-9-15(11)13(4,5)6/h11,14H,7-10H2,1-6H3/t11-/m0/s1. The van der Waals surface area contributed by atoms with Gasteiger partial charge < -0.3 is 5.32 Å². The molecular formula is C13H28N2. The van der Waals surface area contributed by atoms with E-state index in [1.165, 1.54) is 19.5 Å². The van der Waals surface area contributed by atoms with E-state index in [-0.39, 0.29) is 5.54 Å². The first kappa shape index (κ1) is 13.0. The van der Waals surface area contributed by atoms with Gasteiger partial charge in [0.2, 0.25) is 0 Å². The van der Waals surface area contributed by atoms with Crippen LogP contribution >= 0.6 is 0 Å². The van der Waals surface area contributed by atoms with Gasteiger partial charge in [0.1, 0.15) is 0 Å². The molecule has 90 valence electrons. The van der Waals surface area contributed by atoms with Crippen molar-refractivity contribution in [1.29, 1.82) is 0 Å². The first-order chi connectivity index (χ1) is 6.73. The van der Waals surface area contributed by atoms with Crippen LogP contribution < -0.4 is 5.32 Å². The van der Waals surface area contributed by atoms with Crippen LogP contribution in [0.15, 0.2) is 0 Å². The zero-order valence-electron chi connectivity index (χ0n) is 11.4. The van der Waals surface area contributed by atoms with Gasteiger partial charge in [0.25, 0.3) is 0 Å². The van der Waals surface area contributed by atoms with Gasteiger partial charge in [-0.3, -0.25) is 4.90 Å². The Balaban J connectivity index is 2.86. The third-order valence-corrected chi connectivity index (χ3v) is 3.33. The molecule has 0 bridgehead atoms. The Morgan fingerprint density at radius 1 is 1.07 bits per heavy atom. The molecule has 1 rings (SSSR count). The highest BCUT2D eigenvalue weighted by Gasteiger charge is 2.36. The van der Waals surface area contributed by atoms with Crippen LogP contribution in [0.5, 0.6) is 0 Å². The maximum absolute atomic E-state index is 3.56. The minimum Gasteiger partial charge on any atom is -0.315 e. The van der Waals surface area contributed by atoms with Gasteiger partial charge in [-0.2, -0.15) is 0 Å². The van der Waals surface area contributed by atoms with Crippen molar-refractivity contribution in [3.05, 3.63) is 0 Å². The first-order valence-corrected chi connectivity index (χ1v) is 6.20. The van der Waals surface area contributed by atoms with Gasteiger partial charge >= 0.3 is 0 Å². The van der Waals surface area contributed by atoms with E-state index in [0.29, 0.717) is 11.5 Å². The second kappa shape index (κ2) is 4.42. The average Bonchev–Trinajstić information content (AvgIpc) is 2.24. The van der Waals surface area contributed by atoms with Crippen LogP contribution in [0.4, 0.5) is 0 Å². The summed E-state index contributed by atoms with van der Waals surface area (Å²) in [5.41, 5.74) is 0.634. The second-order valence-corrected chi connectivity index (χ2v) is 6.80. The van der Waals surface area contributed by atoms with Crippen LogP contribution in [0, 0.1) is 5.41 Å². The molecule has 1 fully saturated rings. The number of nitrogens with zero attached hydrogens (tertiary/aromatic N) is 1. The molecule has 2 nitrogen and oxygen atoms in total. The second-order valence-electron chi connectivity index (χ2n) is 6.80. The van der Waals surface area contributed by atoms with E-state index in [4.69, 9.17) is 0 Å². The van der Waals surface area contributed by atoms with Crippen molar-refractivity contribution in [3.8, 4) is 0 Å². The lowest BCUT2D eigenvalue weighted by molar-refractivity contribution is 0.0312. The van der Waals surface area contributed by atoms with E-state index in [9.17, 15) is 0 Å². The van der Waals surface area contributed by atoms with E-state index in [1.807, 2.05) is 0 Å². The first-order valence-electron chi connectivity index (χ1n) is 6.20. The van der Waals surface area contributed by atoms with E-state index < -0.39 is 0 Å². The van der Waals surface area contributed by atoms with E-state index in [2.05, 4.69) is 51.8 Å². The minimum absolute atomic E-state index is 0.282.